The van der Waals surface area contributed by atoms with Gasteiger partial charge in [0.2, 0.25) is 0 Å². The number of hydrogen-bond donors (Lipinski definition) is 2. The first-order valence-corrected chi connectivity index (χ1v) is 7.97. The first-order valence-electron chi connectivity index (χ1n) is 5.25. The van der Waals surface area contributed by atoms with E-state index in [1.165, 1.54) is 0 Å². The van der Waals surface area contributed by atoms with E-state index in [1.807, 2.05) is 54.6 Å². The van der Waals surface area contributed by atoms with Crippen LogP contribution in [0.2, 0.25) is 0 Å². The fourth-order valence-corrected chi connectivity index (χ4v) is 4.14. The van der Waals surface area contributed by atoms with Crippen molar-refractivity contribution in [1.82, 2.24) is 0 Å². The number of nitrogens with one attached hydrogen (secondary N) is 2. The Kier molecular flexibility index (Phi) is 2.54. The van der Waals surface area contributed by atoms with Crippen LogP contribution in [0.5, 0.6) is 5.75 Å². The van der Waals surface area contributed by atoms with Gasteiger partial charge in [-0.2, -0.15) is 0 Å². The van der Waals surface area contributed by atoms with Crippen LogP contribution >= 0.6 is 6.57 Å². The number of anilines is 2. The number of para-hydroxylation sites is 3. The molecule has 0 saturated carbocycles. The summed E-state index contributed by atoms with van der Waals surface area (Å²) in [6.07, 6.45) is 0. The van der Waals surface area contributed by atoms with Crippen molar-refractivity contribution in [3.8, 4) is 5.75 Å². The molecule has 0 spiro atoms. The first-order chi connectivity index (χ1) is 8.25. The fraction of sp³-hybridized carbons (Fsp3) is 0. The van der Waals surface area contributed by atoms with Crippen LogP contribution in [0.1, 0.15) is 0 Å². The van der Waals surface area contributed by atoms with E-state index in [1.54, 1.807) is 0 Å². The second-order valence-corrected chi connectivity index (χ2v) is 7.00. The zero-order chi connectivity index (χ0) is 11.7. The number of rotatable bonds is 2. The van der Waals surface area contributed by atoms with Crippen LogP contribution in [0.15, 0.2) is 54.6 Å². The van der Waals surface area contributed by atoms with Gasteiger partial charge in [0.25, 0.3) is 6.57 Å². The summed E-state index contributed by atoms with van der Waals surface area (Å²) >= 11 is 5.52. The van der Waals surface area contributed by atoms with Crippen molar-refractivity contribution in [3.05, 3.63) is 54.6 Å². The Labute approximate surface area is 105 Å². The van der Waals surface area contributed by atoms with Crippen molar-refractivity contribution >= 4 is 29.7 Å². The van der Waals surface area contributed by atoms with Crippen molar-refractivity contribution in [2.45, 2.75) is 0 Å². The highest BCUT2D eigenvalue weighted by Gasteiger charge is 2.27. The summed E-state index contributed by atoms with van der Waals surface area (Å²) in [6, 6.07) is 17.5. The Balaban J connectivity index is 1.85. The molecule has 0 radical (unpaired) electrons. The van der Waals surface area contributed by atoms with E-state index < -0.39 is 6.57 Å². The maximum absolute atomic E-state index is 5.85. The van der Waals surface area contributed by atoms with Crippen molar-refractivity contribution in [2.24, 2.45) is 0 Å². The van der Waals surface area contributed by atoms with Crippen LogP contribution in [0, 0.1) is 0 Å². The highest BCUT2D eigenvalue weighted by atomic mass is 32.4. The molecule has 0 aromatic heterocycles. The van der Waals surface area contributed by atoms with Crippen molar-refractivity contribution < 1.29 is 4.52 Å². The van der Waals surface area contributed by atoms with Gasteiger partial charge in [0.1, 0.15) is 5.75 Å². The molecule has 0 unspecified atom stereocenters. The molecule has 2 aromatic rings. The number of benzene rings is 2. The van der Waals surface area contributed by atoms with Crippen molar-refractivity contribution in [3.63, 3.8) is 0 Å². The lowest BCUT2D eigenvalue weighted by atomic mass is 10.3. The molecule has 0 aliphatic carbocycles. The van der Waals surface area contributed by atoms with Gasteiger partial charge in [-0.3, -0.25) is 0 Å². The van der Waals surface area contributed by atoms with E-state index >= 15 is 0 Å². The third-order valence-corrected chi connectivity index (χ3v) is 4.75. The summed E-state index contributed by atoms with van der Waals surface area (Å²) in [5.41, 5.74) is 2.01. The van der Waals surface area contributed by atoms with Crippen LogP contribution in [0.4, 0.5) is 11.4 Å². The average Bonchev–Trinajstić information content (AvgIpc) is 2.66. The molecule has 86 valence electrons. The van der Waals surface area contributed by atoms with E-state index in [4.69, 9.17) is 16.3 Å². The average molecular weight is 262 g/mol. The predicted octanol–water partition coefficient (Wildman–Crippen LogP) is 3.83. The Morgan fingerprint density at radius 1 is 0.824 bits per heavy atom. The van der Waals surface area contributed by atoms with Gasteiger partial charge in [-0.25, -0.2) is 0 Å². The van der Waals surface area contributed by atoms with Gasteiger partial charge in [-0.05, 0) is 36.1 Å². The molecule has 0 amide bonds. The Bertz CT molecular complexity index is 559. The number of hydrogen-bond acceptors (Lipinski definition) is 2. The third-order valence-electron chi connectivity index (χ3n) is 2.44. The van der Waals surface area contributed by atoms with E-state index in [-0.39, 0.29) is 0 Å². The molecule has 0 fully saturated rings. The third kappa shape index (κ3) is 2.14. The topological polar surface area (TPSA) is 33.3 Å². The minimum absolute atomic E-state index is 0.781. The zero-order valence-corrected chi connectivity index (χ0v) is 10.7. The first kappa shape index (κ1) is 10.6. The van der Waals surface area contributed by atoms with Gasteiger partial charge in [0, 0.05) is 0 Å². The smallest absolute Gasteiger partial charge is 0.299 e. The minimum atomic E-state index is -2.24. The summed E-state index contributed by atoms with van der Waals surface area (Å²) < 4.78 is 5.85. The normalized spacial score (nSPS) is 15.5. The van der Waals surface area contributed by atoms with E-state index in [9.17, 15) is 0 Å². The van der Waals surface area contributed by atoms with Gasteiger partial charge < -0.3 is 14.7 Å². The van der Waals surface area contributed by atoms with Crippen LogP contribution < -0.4 is 14.7 Å². The summed E-state index contributed by atoms with van der Waals surface area (Å²) in [7, 11) is 0. The molecule has 3 rings (SSSR count). The summed E-state index contributed by atoms with van der Waals surface area (Å²) in [4.78, 5) is 0. The lowest BCUT2D eigenvalue weighted by Crippen LogP contribution is -2.03. The van der Waals surface area contributed by atoms with E-state index in [2.05, 4.69) is 10.2 Å². The summed E-state index contributed by atoms with van der Waals surface area (Å²) in [5, 5.41) is 6.50. The molecule has 3 nitrogen and oxygen atoms in total. The molecular formula is C12H11N2OPS. The van der Waals surface area contributed by atoms with Gasteiger partial charge in [0.05, 0.1) is 11.4 Å². The van der Waals surface area contributed by atoms with Gasteiger partial charge in [-0.1, -0.05) is 30.3 Å². The lowest BCUT2D eigenvalue weighted by Gasteiger charge is -2.18. The van der Waals surface area contributed by atoms with Crippen LogP contribution in [-0.2, 0) is 11.8 Å². The predicted molar refractivity (Wildman–Crippen MR) is 75.0 cm³/mol. The quantitative estimate of drug-likeness (QED) is 0.806. The second-order valence-electron chi connectivity index (χ2n) is 3.73. The van der Waals surface area contributed by atoms with Crippen LogP contribution in [0.3, 0.4) is 0 Å². The molecule has 1 aliphatic heterocycles. The monoisotopic (exact) mass is 262 g/mol. The van der Waals surface area contributed by atoms with Gasteiger partial charge in [-0.15, -0.1) is 0 Å². The standard InChI is InChI=1S/C12H11N2OPS/c17-16(15-10-6-2-1-3-7-10)13-11-8-4-5-9-12(11)14-16/h1-9H,(H2,13,14,17). The highest BCUT2D eigenvalue weighted by molar-refractivity contribution is 8.14. The SMILES string of the molecule is S=P1(Oc2ccccc2)Nc2ccccc2N1. The van der Waals surface area contributed by atoms with Crippen LogP contribution in [-0.4, -0.2) is 0 Å². The minimum Gasteiger partial charge on any atom is -0.433 e. The van der Waals surface area contributed by atoms with Gasteiger partial charge in [0.15, 0.2) is 0 Å². The summed E-state index contributed by atoms with van der Waals surface area (Å²) in [5.74, 6) is 0.781. The molecule has 0 bridgehead atoms. The molecule has 2 aromatic carbocycles. The Hall–Kier alpha value is -1.51. The zero-order valence-electron chi connectivity index (χ0n) is 8.96. The Morgan fingerprint density at radius 3 is 1.94 bits per heavy atom. The van der Waals surface area contributed by atoms with E-state index in [0.29, 0.717) is 0 Å². The molecule has 1 heterocycles. The molecule has 0 saturated heterocycles. The number of fused-ring (bicyclic) bond motifs is 1. The summed E-state index contributed by atoms with van der Waals surface area (Å²) in [6.45, 7) is -2.24. The maximum Gasteiger partial charge on any atom is 0.299 e. The molecule has 5 heteroatoms. The molecular weight excluding hydrogens is 251 g/mol. The fourth-order valence-electron chi connectivity index (χ4n) is 1.70. The maximum atomic E-state index is 5.85. The highest BCUT2D eigenvalue weighted by Crippen LogP contribution is 2.54. The van der Waals surface area contributed by atoms with Crippen molar-refractivity contribution in [1.29, 1.82) is 0 Å². The molecule has 1 aliphatic rings. The van der Waals surface area contributed by atoms with Crippen LogP contribution in [0.25, 0.3) is 0 Å². The van der Waals surface area contributed by atoms with Gasteiger partial charge >= 0.3 is 0 Å². The molecule has 17 heavy (non-hydrogen) atoms. The molecule has 0 atom stereocenters. The Morgan fingerprint density at radius 2 is 1.35 bits per heavy atom. The largest absolute Gasteiger partial charge is 0.433 e. The lowest BCUT2D eigenvalue weighted by molar-refractivity contribution is 0.621. The second kappa shape index (κ2) is 4.06. The van der Waals surface area contributed by atoms with E-state index in [0.717, 1.165) is 17.1 Å². The molecule has 2 N–H and O–H groups in total. The van der Waals surface area contributed by atoms with Crippen molar-refractivity contribution in [2.75, 3.05) is 10.2 Å².